The topological polar surface area (TPSA) is 9.23 Å². The zero-order valence-corrected chi connectivity index (χ0v) is 12.8. The lowest BCUT2D eigenvalue weighted by atomic mass is 9.82. The molecule has 0 fully saturated rings. The monoisotopic (exact) mass is 320 g/mol. The number of thiol groups is 1. The first-order valence-electron chi connectivity index (χ1n) is 5.53. The first kappa shape index (κ1) is 14.8. The quantitative estimate of drug-likeness (QED) is 0.800. The smallest absolute Gasteiger partial charge is 0.133 e. The molecular weight excluding hydrogens is 303 g/mol. The fourth-order valence-corrected chi connectivity index (χ4v) is 2.48. The highest BCUT2D eigenvalue weighted by molar-refractivity contribution is 9.10. The van der Waals surface area contributed by atoms with E-state index in [0.29, 0.717) is 22.7 Å². The number of ether oxygens (including phenoxy) is 1. The maximum Gasteiger partial charge on any atom is 0.133 e. The Labute approximate surface area is 116 Å². The van der Waals surface area contributed by atoms with Crippen molar-refractivity contribution < 1.29 is 9.13 Å². The predicted octanol–water partition coefficient (Wildman–Crippen LogP) is 4.56. The van der Waals surface area contributed by atoms with Crippen LogP contribution in [0.5, 0.6) is 5.75 Å². The third-order valence-electron chi connectivity index (χ3n) is 2.78. The summed E-state index contributed by atoms with van der Waals surface area (Å²) in [6.45, 7) is 7.07. The number of hydrogen-bond acceptors (Lipinski definition) is 2. The maximum atomic E-state index is 12.9. The van der Waals surface area contributed by atoms with Crippen LogP contribution in [0.25, 0.3) is 0 Å². The van der Waals surface area contributed by atoms with Gasteiger partial charge in [-0.2, -0.15) is 12.6 Å². The van der Waals surface area contributed by atoms with Crippen molar-refractivity contribution in [2.45, 2.75) is 20.8 Å². The van der Waals surface area contributed by atoms with Gasteiger partial charge in [-0.25, -0.2) is 4.39 Å². The average molecular weight is 321 g/mol. The first-order valence-corrected chi connectivity index (χ1v) is 6.96. The van der Waals surface area contributed by atoms with E-state index in [-0.39, 0.29) is 11.2 Å². The van der Waals surface area contributed by atoms with Crippen LogP contribution in [0.15, 0.2) is 22.7 Å². The van der Waals surface area contributed by atoms with Crippen LogP contribution < -0.4 is 4.74 Å². The molecule has 0 heterocycles. The maximum absolute atomic E-state index is 12.9. The van der Waals surface area contributed by atoms with Gasteiger partial charge >= 0.3 is 0 Å². The van der Waals surface area contributed by atoms with Gasteiger partial charge in [0.1, 0.15) is 11.6 Å². The molecule has 0 bridgehead atoms. The highest BCUT2D eigenvalue weighted by Gasteiger charge is 2.24. The van der Waals surface area contributed by atoms with Crippen molar-refractivity contribution in [3.8, 4) is 5.75 Å². The molecule has 1 unspecified atom stereocenters. The normalized spacial score (nSPS) is 13.5. The zero-order chi connectivity index (χ0) is 13.1. The number of benzene rings is 1. The first-order chi connectivity index (χ1) is 7.84. The molecule has 0 saturated carbocycles. The lowest BCUT2D eigenvalue weighted by molar-refractivity contribution is 0.164. The molecule has 1 nitrogen and oxygen atoms in total. The Morgan fingerprint density at radius 3 is 2.53 bits per heavy atom. The molecule has 4 heteroatoms. The van der Waals surface area contributed by atoms with Crippen LogP contribution in [0.3, 0.4) is 0 Å². The summed E-state index contributed by atoms with van der Waals surface area (Å²) in [5.41, 5.74) is 0.147. The van der Waals surface area contributed by atoms with E-state index in [2.05, 4.69) is 49.3 Å². The van der Waals surface area contributed by atoms with Crippen LogP contribution in [-0.2, 0) is 0 Å². The Kier molecular flexibility index (Phi) is 5.32. The molecule has 0 aromatic heterocycles. The van der Waals surface area contributed by atoms with Gasteiger partial charge in [-0.3, -0.25) is 0 Å². The van der Waals surface area contributed by atoms with E-state index in [4.69, 9.17) is 4.74 Å². The van der Waals surface area contributed by atoms with Gasteiger partial charge in [-0.15, -0.1) is 0 Å². The highest BCUT2D eigenvalue weighted by atomic mass is 79.9. The molecule has 96 valence electrons. The second kappa shape index (κ2) is 6.10. The van der Waals surface area contributed by atoms with Gasteiger partial charge in [0.05, 0.1) is 11.1 Å². The van der Waals surface area contributed by atoms with Gasteiger partial charge in [-0.05, 0) is 45.3 Å². The Morgan fingerprint density at radius 1 is 1.41 bits per heavy atom. The summed E-state index contributed by atoms with van der Waals surface area (Å²) in [6.07, 6.45) is 0. The van der Waals surface area contributed by atoms with Gasteiger partial charge in [-0.1, -0.05) is 20.8 Å². The third kappa shape index (κ3) is 4.51. The molecule has 1 atom stereocenters. The van der Waals surface area contributed by atoms with Crippen molar-refractivity contribution in [1.29, 1.82) is 0 Å². The average Bonchev–Trinajstić information content (AvgIpc) is 2.19. The molecule has 0 aliphatic rings. The van der Waals surface area contributed by atoms with Gasteiger partial charge in [0.25, 0.3) is 0 Å². The predicted molar refractivity (Wildman–Crippen MR) is 76.4 cm³/mol. The van der Waals surface area contributed by atoms with Crippen LogP contribution in [0, 0.1) is 17.2 Å². The van der Waals surface area contributed by atoms with Crippen LogP contribution in [0.4, 0.5) is 4.39 Å². The summed E-state index contributed by atoms with van der Waals surface area (Å²) in [7, 11) is 0. The van der Waals surface area contributed by atoms with Crippen LogP contribution in [-0.4, -0.2) is 12.4 Å². The number of halogens is 2. The molecule has 0 radical (unpaired) electrons. The van der Waals surface area contributed by atoms with Gasteiger partial charge in [0.15, 0.2) is 0 Å². The zero-order valence-electron chi connectivity index (χ0n) is 10.3. The summed E-state index contributed by atoms with van der Waals surface area (Å²) in [5.74, 6) is 1.51. The summed E-state index contributed by atoms with van der Waals surface area (Å²) < 4.78 is 19.3. The minimum Gasteiger partial charge on any atom is -0.492 e. The van der Waals surface area contributed by atoms with Crippen molar-refractivity contribution in [2.24, 2.45) is 11.3 Å². The fraction of sp³-hybridized carbons (Fsp3) is 0.538. The third-order valence-corrected chi connectivity index (χ3v) is 3.84. The number of rotatable bonds is 4. The minimum atomic E-state index is -0.272. The van der Waals surface area contributed by atoms with E-state index in [1.54, 1.807) is 6.07 Å². The summed E-state index contributed by atoms with van der Waals surface area (Å²) in [4.78, 5) is 0. The Bertz CT molecular complexity index is 376. The van der Waals surface area contributed by atoms with Crippen molar-refractivity contribution in [2.75, 3.05) is 12.4 Å². The Hall–Kier alpha value is -0.220. The van der Waals surface area contributed by atoms with E-state index >= 15 is 0 Å². The van der Waals surface area contributed by atoms with E-state index in [9.17, 15) is 4.39 Å². The number of hydrogen-bond donors (Lipinski definition) is 1. The van der Waals surface area contributed by atoms with E-state index in [1.807, 2.05) is 0 Å². The van der Waals surface area contributed by atoms with Crippen molar-refractivity contribution in [1.82, 2.24) is 0 Å². The molecule has 1 aromatic rings. The SMILES string of the molecule is CC(C)(C)C(CS)COc1ccc(F)cc1Br. The van der Waals surface area contributed by atoms with Crippen molar-refractivity contribution in [3.63, 3.8) is 0 Å². The minimum absolute atomic E-state index is 0.147. The molecule has 0 amide bonds. The Morgan fingerprint density at radius 2 is 2.06 bits per heavy atom. The van der Waals surface area contributed by atoms with Gasteiger partial charge in [0, 0.05) is 5.92 Å². The molecule has 1 aromatic carbocycles. The largest absolute Gasteiger partial charge is 0.492 e. The van der Waals surface area contributed by atoms with Crippen molar-refractivity contribution >= 4 is 28.6 Å². The van der Waals surface area contributed by atoms with Crippen LogP contribution in [0.1, 0.15) is 20.8 Å². The van der Waals surface area contributed by atoms with Gasteiger partial charge < -0.3 is 4.74 Å². The lowest BCUT2D eigenvalue weighted by Gasteiger charge is -2.29. The Balaban J connectivity index is 2.66. The molecule has 0 aliphatic carbocycles. The molecule has 17 heavy (non-hydrogen) atoms. The highest BCUT2D eigenvalue weighted by Crippen LogP contribution is 2.30. The molecule has 1 rings (SSSR count). The van der Waals surface area contributed by atoms with E-state index < -0.39 is 0 Å². The van der Waals surface area contributed by atoms with E-state index in [1.165, 1.54) is 12.1 Å². The summed E-state index contributed by atoms with van der Waals surface area (Å²) >= 11 is 7.63. The van der Waals surface area contributed by atoms with E-state index in [0.717, 1.165) is 5.75 Å². The second-order valence-corrected chi connectivity index (χ2v) is 6.35. The standard InChI is InChI=1S/C13H18BrFOS/c1-13(2,3)9(8-17)7-16-12-5-4-10(15)6-11(12)14/h4-6,9,17H,7-8H2,1-3H3. The van der Waals surface area contributed by atoms with Crippen LogP contribution >= 0.6 is 28.6 Å². The van der Waals surface area contributed by atoms with Gasteiger partial charge in [0.2, 0.25) is 0 Å². The molecule has 0 N–H and O–H groups in total. The summed E-state index contributed by atoms with van der Waals surface area (Å²) in [6, 6.07) is 4.44. The molecule has 0 spiro atoms. The molecule has 0 aliphatic heterocycles. The molecule has 0 saturated heterocycles. The second-order valence-electron chi connectivity index (χ2n) is 5.13. The lowest BCUT2D eigenvalue weighted by Crippen LogP contribution is -2.28. The van der Waals surface area contributed by atoms with Crippen molar-refractivity contribution in [3.05, 3.63) is 28.5 Å². The summed E-state index contributed by atoms with van der Waals surface area (Å²) in [5, 5.41) is 0. The van der Waals surface area contributed by atoms with Crippen LogP contribution in [0.2, 0.25) is 0 Å². The molecular formula is C13H18BrFOS. The fourth-order valence-electron chi connectivity index (χ4n) is 1.36.